The number of nitrogens with zero attached hydrogens (tertiary/aromatic N) is 2. The predicted octanol–water partition coefficient (Wildman–Crippen LogP) is 2.91. The van der Waals surface area contributed by atoms with Gasteiger partial charge in [-0.1, -0.05) is 35.5 Å². The summed E-state index contributed by atoms with van der Waals surface area (Å²) in [4.78, 5) is 12.2. The van der Waals surface area contributed by atoms with Gasteiger partial charge >= 0.3 is 0 Å². The summed E-state index contributed by atoms with van der Waals surface area (Å²) in [6, 6.07) is 13.2. The first-order chi connectivity index (χ1) is 13.5. The fourth-order valence-corrected chi connectivity index (χ4v) is 3.15. The van der Waals surface area contributed by atoms with Crippen molar-refractivity contribution in [1.29, 1.82) is 0 Å². The van der Waals surface area contributed by atoms with Gasteiger partial charge in [0.1, 0.15) is 5.75 Å². The van der Waals surface area contributed by atoms with E-state index < -0.39 is 6.04 Å². The van der Waals surface area contributed by atoms with Crippen molar-refractivity contribution < 1.29 is 19.4 Å². The lowest BCUT2D eigenvalue weighted by Crippen LogP contribution is -2.40. The summed E-state index contributed by atoms with van der Waals surface area (Å²) in [6.07, 6.45) is 0.453. The maximum atomic E-state index is 12.2. The molecule has 0 aliphatic carbocycles. The minimum absolute atomic E-state index is 0.0777. The molecule has 0 fully saturated rings. The standard InChI is InChI=1S/C19H18ClN3O4S/c20-14-5-3-13(4-6-14)18-22-23-19(27-18)28-11-17(26)21-15(10-24)9-12-1-7-16(25)8-2-12/h1-8,15,24-25H,9-11H2,(H,21,26)/t15-/m0/s1. The summed E-state index contributed by atoms with van der Waals surface area (Å²) in [5.74, 6) is 0.338. The highest BCUT2D eigenvalue weighted by Crippen LogP contribution is 2.24. The number of nitrogens with one attached hydrogen (secondary N) is 1. The van der Waals surface area contributed by atoms with Gasteiger partial charge in [0.25, 0.3) is 5.22 Å². The minimum atomic E-state index is -0.426. The molecular formula is C19H18ClN3O4S. The van der Waals surface area contributed by atoms with Gasteiger partial charge in [-0.2, -0.15) is 0 Å². The van der Waals surface area contributed by atoms with Crippen LogP contribution in [-0.2, 0) is 11.2 Å². The second-order valence-corrected chi connectivity index (χ2v) is 7.35. The van der Waals surface area contributed by atoms with Crippen LogP contribution in [0.5, 0.6) is 5.75 Å². The summed E-state index contributed by atoms with van der Waals surface area (Å²) in [5.41, 5.74) is 1.64. The van der Waals surface area contributed by atoms with E-state index in [1.165, 1.54) is 0 Å². The first-order valence-electron chi connectivity index (χ1n) is 8.44. The minimum Gasteiger partial charge on any atom is -0.508 e. The van der Waals surface area contributed by atoms with Crippen molar-refractivity contribution in [2.24, 2.45) is 0 Å². The number of hydrogen-bond donors (Lipinski definition) is 3. The lowest BCUT2D eigenvalue weighted by atomic mass is 10.1. The Hall–Kier alpha value is -2.55. The van der Waals surface area contributed by atoms with Crippen molar-refractivity contribution in [2.75, 3.05) is 12.4 Å². The number of phenols is 1. The van der Waals surface area contributed by atoms with Crippen molar-refractivity contribution in [1.82, 2.24) is 15.5 Å². The number of aromatic nitrogens is 2. The summed E-state index contributed by atoms with van der Waals surface area (Å²) in [7, 11) is 0. The molecule has 9 heteroatoms. The second-order valence-electron chi connectivity index (χ2n) is 5.99. The molecule has 3 N–H and O–H groups in total. The van der Waals surface area contributed by atoms with Crippen molar-refractivity contribution in [3.05, 3.63) is 59.1 Å². The van der Waals surface area contributed by atoms with Gasteiger partial charge in [-0.15, -0.1) is 10.2 Å². The van der Waals surface area contributed by atoms with E-state index in [4.69, 9.17) is 16.0 Å². The molecule has 0 bridgehead atoms. The number of phenolic OH excluding ortho intramolecular Hbond substituents is 1. The van der Waals surface area contributed by atoms with Gasteiger partial charge in [0.2, 0.25) is 11.8 Å². The lowest BCUT2D eigenvalue weighted by Gasteiger charge is -2.16. The maximum absolute atomic E-state index is 12.2. The number of aromatic hydroxyl groups is 1. The Morgan fingerprint density at radius 3 is 2.54 bits per heavy atom. The van der Waals surface area contributed by atoms with Crippen LogP contribution in [0.1, 0.15) is 5.56 Å². The first-order valence-corrected chi connectivity index (χ1v) is 9.80. The highest BCUT2D eigenvalue weighted by molar-refractivity contribution is 7.99. The number of rotatable bonds is 8. The molecule has 1 aromatic heterocycles. The Bertz CT molecular complexity index is 916. The highest BCUT2D eigenvalue weighted by atomic mass is 35.5. The van der Waals surface area contributed by atoms with Gasteiger partial charge in [-0.25, -0.2) is 0 Å². The van der Waals surface area contributed by atoms with Gasteiger partial charge < -0.3 is 19.9 Å². The smallest absolute Gasteiger partial charge is 0.277 e. The van der Waals surface area contributed by atoms with Crippen LogP contribution in [0.25, 0.3) is 11.5 Å². The van der Waals surface area contributed by atoms with Gasteiger partial charge in [-0.3, -0.25) is 4.79 Å². The largest absolute Gasteiger partial charge is 0.508 e. The zero-order valence-electron chi connectivity index (χ0n) is 14.7. The Morgan fingerprint density at radius 1 is 1.14 bits per heavy atom. The molecular weight excluding hydrogens is 402 g/mol. The number of thioether (sulfide) groups is 1. The number of carbonyl (C=O) groups excluding carboxylic acids is 1. The van der Waals surface area contributed by atoms with E-state index in [-0.39, 0.29) is 29.2 Å². The van der Waals surface area contributed by atoms with E-state index >= 15 is 0 Å². The molecule has 3 aromatic rings. The fraction of sp³-hybridized carbons (Fsp3) is 0.211. The van der Waals surface area contributed by atoms with Gasteiger partial charge in [0.05, 0.1) is 18.4 Å². The molecule has 1 amide bonds. The monoisotopic (exact) mass is 419 g/mol. The zero-order chi connectivity index (χ0) is 19.9. The second kappa shape index (κ2) is 9.59. The quantitative estimate of drug-likeness (QED) is 0.481. The van der Waals surface area contributed by atoms with Crippen LogP contribution >= 0.6 is 23.4 Å². The SMILES string of the molecule is O=C(CSc1nnc(-c2ccc(Cl)cc2)o1)N[C@H](CO)Cc1ccc(O)cc1. The third-order valence-corrected chi connectivity index (χ3v) is 4.90. The molecule has 0 saturated heterocycles. The molecule has 2 aromatic carbocycles. The summed E-state index contributed by atoms with van der Waals surface area (Å²) < 4.78 is 5.54. The molecule has 0 saturated carbocycles. The van der Waals surface area contributed by atoms with E-state index in [1.54, 1.807) is 48.5 Å². The molecule has 3 rings (SSSR count). The number of aliphatic hydroxyl groups excluding tert-OH is 1. The Kier molecular flexibility index (Phi) is 6.91. The molecule has 1 heterocycles. The van der Waals surface area contributed by atoms with E-state index in [0.717, 1.165) is 22.9 Å². The number of benzene rings is 2. The van der Waals surface area contributed by atoms with Gasteiger partial charge in [-0.05, 0) is 48.4 Å². The molecule has 0 radical (unpaired) electrons. The summed E-state index contributed by atoms with van der Waals surface area (Å²) in [5, 5.41) is 30.4. The lowest BCUT2D eigenvalue weighted by molar-refractivity contribution is -0.119. The normalized spacial score (nSPS) is 11.9. The first kappa shape index (κ1) is 20.2. The van der Waals surface area contributed by atoms with Crippen molar-refractivity contribution >= 4 is 29.3 Å². The van der Waals surface area contributed by atoms with Gasteiger partial charge in [0.15, 0.2) is 0 Å². The van der Waals surface area contributed by atoms with Gasteiger partial charge in [0, 0.05) is 10.6 Å². The van der Waals surface area contributed by atoms with Crippen molar-refractivity contribution in [2.45, 2.75) is 17.7 Å². The molecule has 0 unspecified atom stereocenters. The predicted molar refractivity (Wildman–Crippen MR) is 106 cm³/mol. The number of amides is 1. The average molecular weight is 420 g/mol. The van der Waals surface area contributed by atoms with Crippen molar-refractivity contribution in [3.8, 4) is 17.2 Å². The molecule has 0 aliphatic rings. The van der Waals surface area contributed by atoms with Crippen LogP contribution < -0.4 is 5.32 Å². The number of aliphatic hydroxyl groups is 1. The number of hydrogen-bond acceptors (Lipinski definition) is 7. The molecule has 28 heavy (non-hydrogen) atoms. The van der Waals surface area contributed by atoms with Crippen LogP contribution in [0.3, 0.4) is 0 Å². The third-order valence-electron chi connectivity index (χ3n) is 3.83. The fourth-order valence-electron chi connectivity index (χ4n) is 2.45. The van der Waals surface area contributed by atoms with E-state index in [2.05, 4.69) is 15.5 Å². The Morgan fingerprint density at radius 2 is 1.86 bits per heavy atom. The molecule has 0 aliphatic heterocycles. The molecule has 7 nitrogen and oxygen atoms in total. The topological polar surface area (TPSA) is 108 Å². The number of carbonyl (C=O) groups is 1. The summed E-state index contributed by atoms with van der Waals surface area (Å²) >= 11 is 6.97. The Balaban J connectivity index is 1.50. The molecule has 1 atom stereocenters. The van der Waals surface area contributed by atoms with E-state index in [9.17, 15) is 15.0 Å². The number of halogens is 1. The van der Waals surface area contributed by atoms with Crippen molar-refractivity contribution in [3.63, 3.8) is 0 Å². The van der Waals surface area contributed by atoms with Crippen LogP contribution in [0.2, 0.25) is 5.02 Å². The van der Waals surface area contributed by atoms with E-state index in [1.807, 2.05) is 0 Å². The maximum Gasteiger partial charge on any atom is 0.277 e. The van der Waals surface area contributed by atoms with Crippen LogP contribution in [0.15, 0.2) is 58.2 Å². The van der Waals surface area contributed by atoms with Crippen LogP contribution in [-0.4, -0.2) is 44.7 Å². The van der Waals surface area contributed by atoms with Crippen LogP contribution in [0, 0.1) is 0 Å². The molecule has 146 valence electrons. The zero-order valence-corrected chi connectivity index (χ0v) is 16.3. The van der Waals surface area contributed by atoms with Crippen LogP contribution in [0.4, 0.5) is 0 Å². The summed E-state index contributed by atoms with van der Waals surface area (Å²) in [6.45, 7) is -0.196. The van der Waals surface area contributed by atoms with E-state index in [0.29, 0.717) is 17.3 Å². The molecule has 0 spiro atoms. The average Bonchev–Trinajstić information content (AvgIpc) is 3.17. The third kappa shape index (κ3) is 5.72. The Labute approximate surface area is 170 Å². The highest BCUT2D eigenvalue weighted by Gasteiger charge is 2.15.